The van der Waals surface area contributed by atoms with E-state index in [1.54, 1.807) is 11.4 Å². The standard InChI is InChI=1S/C18H16FN5O2S/c1-2-11-15-13(23-17(20)22-11)6-12(21-16(15)25)9-4-3-8(19)5-10(9)14-7-27-18(26)24-14/h3-5,7,12H,2,6H2,1H3,(H,21,25)(H,24,26)(H2,20,22,23)/t12-/m1/s1. The van der Waals surface area contributed by atoms with Gasteiger partial charge >= 0.3 is 4.87 Å². The zero-order valence-electron chi connectivity index (χ0n) is 14.4. The molecule has 0 radical (unpaired) electrons. The summed E-state index contributed by atoms with van der Waals surface area (Å²) in [5.74, 6) is -0.587. The number of H-pyrrole nitrogens is 1. The number of fused-ring (bicyclic) bond motifs is 1. The molecule has 3 aromatic rings. The monoisotopic (exact) mass is 385 g/mol. The molecule has 1 aromatic carbocycles. The van der Waals surface area contributed by atoms with Crippen LogP contribution in [-0.2, 0) is 12.8 Å². The van der Waals surface area contributed by atoms with E-state index in [0.717, 1.165) is 11.3 Å². The van der Waals surface area contributed by atoms with E-state index in [9.17, 15) is 14.0 Å². The molecule has 3 heterocycles. The molecule has 27 heavy (non-hydrogen) atoms. The molecular weight excluding hydrogens is 369 g/mol. The quantitative estimate of drug-likeness (QED) is 0.640. The zero-order chi connectivity index (χ0) is 19.1. The third-order valence-electron chi connectivity index (χ3n) is 4.54. The molecule has 0 bridgehead atoms. The van der Waals surface area contributed by atoms with Gasteiger partial charge in [0.15, 0.2) is 0 Å². The molecule has 138 valence electrons. The Labute approximate surface area is 157 Å². The lowest BCUT2D eigenvalue weighted by Gasteiger charge is -2.28. The molecule has 1 aliphatic rings. The minimum atomic E-state index is -0.428. The van der Waals surface area contributed by atoms with Crippen LogP contribution in [0.2, 0.25) is 0 Å². The number of hydrogen-bond acceptors (Lipinski definition) is 6. The van der Waals surface area contributed by atoms with Crippen LogP contribution in [0.3, 0.4) is 0 Å². The molecule has 1 atom stereocenters. The van der Waals surface area contributed by atoms with Gasteiger partial charge in [0.05, 0.1) is 28.7 Å². The molecule has 7 nitrogen and oxygen atoms in total. The minimum absolute atomic E-state index is 0.126. The minimum Gasteiger partial charge on any atom is -0.368 e. The van der Waals surface area contributed by atoms with Crippen molar-refractivity contribution in [2.45, 2.75) is 25.8 Å². The molecule has 2 aromatic heterocycles. The van der Waals surface area contributed by atoms with Gasteiger partial charge in [0, 0.05) is 17.4 Å². The number of nitrogens with two attached hydrogens (primary N) is 1. The average Bonchev–Trinajstić information content (AvgIpc) is 3.06. The number of aromatic amines is 1. The Kier molecular flexibility index (Phi) is 4.23. The third-order valence-corrected chi connectivity index (χ3v) is 5.21. The summed E-state index contributed by atoms with van der Waals surface area (Å²) in [7, 11) is 0. The van der Waals surface area contributed by atoms with Crippen molar-refractivity contribution in [3.05, 3.63) is 61.6 Å². The Morgan fingerprint density at radius 3 is 2.85 bits per heavy atom. The number of amides is 1. The molecule has 4 N–H and O–H groups in total. The molecule has 0 unspecified atom stereocenters. The van der Waals surface area contributed by atoms with Crippen molar-refractivity contribution in [1.29, 1.82) is 0 Å². The number of anilines is 1. The van der Waals surface area contributed by atoms with Gasteiger partial charge in [-0.2, -0.15) is 0 Å². The highest BCUT2D eigenvalue weighted by atomic mass is 32.1. The van der Waals surface area contributed by atoms with Gasteiger partial charge in [-0.1, -0.05) is 24.3 Å². The number of carbonyl (C=O) groups is 1. The second-order valence-corrected chi connectivity index (χ2v) is 7.07. The number of carbonyl (C=O) groups excluding carboxylic acids is 1. The highest BCUT2D eigenvalue weighted by Crippen LogP contribution is 2.33. The van der Waals surface area contributed by atoms with Gasteiger partial charge < -0.3 is 16.0 Å². The first-order valence-electron chi connectivity index (χ1n) is 8.40. The van der Waals surface area contributed by atoms with Gasteiger partial charge in [0.1, 0.15) is 5.82 Å². The summed E-state index contributed by atoms with van der Waals surface area (Å²) in [6.45, 7) is 1.90. The van der Waals surface area contributed by atoms with Crippen LogP contribution in [0.25, 0.3) is 11.3 Å². The van der Waals surface area contributed by atoms with Gasteiger partial charge in [-0.05, 0) is 24.1 Å². The Bertz CT molecular complexity index is 1110. The van der Waals surface area contributed by atoms with E-state index in [1.165, 1.54) is 12.1 Å². The maximum absolute atomic E-state index is 13.9. The van der Waals surface area contributed by atoms with Gasteiger partial charge in [0.2, 0.25) is 5.95 Å². The van der Waals surface area contributed by atoms with Gasteiger partial charge in [-0.25, -0.2) is 14.4 Å². The molecule has 0 aliphatic carbocycles. The zero-order valence-corrected chi connectivity index (χ0v) is 15.2. The van der Waals surface area contributed by atoms with Crippen molar-refractivity contribution in [3.8, 4) is 11.3 Å². The summed E-state index contributed by atoms with van der Waals surface area (Å²) in [4.78, 5) is 35.1. The fraction of sp³-hybridized carbons (Fsp3) is 0.222. The number of nitrogen functional groups attached to an aromatic ring is 1. The second-order valence-electron chi connectivity index (χ2n) is 6.23. The number of nitrogens with zero attached hydrogens (tertiary/aromatic N) is 2. The lowest BCUT2D eigenvalue weighted by atomic mass is 9.90. The number of nitrogens with one attached hydrogen (secondary N) is 2. The highest BCUT2D eigenvalue weighted by Gasteiger charge is 2.31. The molecule has 9 heteroatoms. The number of halogens is 1. The maximum atomic E-state index is 13.9. The van der Waals surface area contributed by atoms with Crippen molar-refractivity contribution >= 4 is 23.2 Å². The van der Waals surface area contributed by atoms with E-state index in [4.69, 9.17) is 5.73 Å². The lowest BCUT2D eigenvalue weighted by molar-refractivity contribution is 0.0922. The van der Waals surface area contributed by atoms with E-state index >= 15 is 0 Å². The third kappa shape index (κ3) is 3.10. The number of thiazole rings is 1. The summed E-state index contributed by atoms with van der Waals surface area (Å²) in [6.07, 6.45) is 0.957. The fourth-order valence-corrected chi connectivity index (χ4v) is 3.97. The topological polar surface area (TPSA) is 114 Å². The molecule has 0 saturated carbocycles. The van der Waals surface area contributed by atoms with Crippen molar-refractivity contribution in [2.75, 3.05) is 5.73 Å². The predicted octanol–water partition coefficient (Wildman–Crippen LogP) is 2.20. The average molecular weight is 385 g/mol. The van der Waals surface area contributed by atoms with Crippen LogP contribution in [0.15, 0.2) is 28.4 Å². The predicted molar refractivity (Wildman–Crippen MR) is 100 cm³/mol. The van der Waals surface area contributed by atoms with Crippen molar-refractivity contribution in [1.82, 2.24) is 20.3 Å². The van der Waals surface area contributed by atoms with Gasteiger partial charge in [-0.3, -0.25) is 9.59 Å². The molecule has 1 amide bonds. The molecule has 1 aliphatic heterocycles. The summed E-state index contributed by atoms with van der Waals surface area (Å²) in [6, 6.07) is 3.86. The Hall–Kier alpha value is -3.07. The Morgan fingerprint density at radius 2 is 2.15 bits per heavy atom. The lowest BCUT2D eigenvalue weighted by Crippen LogP contribution is -2.37. The van der Waals surface area contributed by atoms with Crippen molar-refractivity contribution < 1.29 is 9.18 Å². The van der Waals surface area contributed by atoms with Crippen LogP contribution in [0.4, 0.5) is 10.3 Å². The smallest absolute Gasteiger partial charge is 0.304 e. The van der Waals surface area contributed by atoms with Crippen molar-refractivity contribution in [2.24, 2.45) is 0 Å². The van der Waals surface area contributed by atoms with E-state index in [2.05, 4.69) is 20.3 Å². The fourth-order valence-electron chi connectivity index (χ4n) is 3.39. The molecule has 0 spiro atoms. The summed E-state index contributed by atoms with van der Waals surface area (Å²) < 4.78 is 13.9. The first-order valence-corrected chi connectivity index (χ1v) is 9.28. The first kappa shape index (κ1) is 17.3. The summed E-state index contributed by atoms with van der Waals surface area (Å²) >= 11 is 0.998. The van der Waals surface area contributed by atoms with Crippen LogP contribution in [-0.4, -0.2) is 20.9 Å². The van der Waals surface area contributed by atoms with Crippen LogP contribution in [0, 0.1) is 5.82 Å². The Morgan fingerprint density at radius 1 is 1.33 bits per heavy atom. The molecule has 0 saturated heterocycles. The number of rotatable bonds is 3. The van der Waals surface area contributed by atoms with Crippen LogP contribution in [0.1, 0.15) is 40.3 Å². The summed E-state index contributed by atoms with van der Waals surface area (Å²) in [5.41, 5.74) is 9.15. The number of aryl methyl sites for hydroxylation is 1. The van der Waals surface area contributed by atoms with Crippen LogP contribution < -0.4 is 15.9 Å². The van der Waals surface area contributed by atoms with Gasteiger partial charge in [-0.15, -0.1) is 0 Å². The molecule has 0 fully saturated rings. The van der Waals surface area contributed by atoms with E-state index < -0.39 is 11.9 Å². The van der Waals surface area contributed by atoms with Crippen molar-refractivity contribution in [3.63, 3.8) is 0 Å². The highest BCUT2D eigenvalue weighted by molar-refractivity contribution is 7.07. The van der Waals surface area contributed by atoms with E-state index in [0.29, 0.717) is 46.6 Å². The first-order chi connectivity index (χ1) is 13.0. The van der Waals surface area contributed by atoms with E-state index in [1.807, 2.05) is 6.92 Å². The number of aromatic nitrogens is 3. The Balaban J connectivity index is 1.81. The largest absolute Gasteiger partial charge is 0.368 e. The van der Waals surface area contributed by atoms with Crippen LogP contribution in [0.5, 0.6) is 0 Å². The number of benzene rings is 1. The van der Waals surface area contributed by atoms with Crippen LogP contribution >= 0.6 is 11.3 Å². The van der Waals surface area contributed by atoms with E-state index in [-0.39, 0.29) is 16.7 Å². The maximum Gasteiger partial charge on any atom is 0.304 e. The van der Waals surface area contributed by atoms with Gasteiger partial charge in [0.25, 0.3) is 5.91 Å². The number of hydrogen-bond donors (Lipinski definition) is 3. The SMILES string of the molecule is CCc1nc(N)nc2c1C(=O)N[C@@H](c1ccc(F)cc1-c1csc(=O)[nH]1)C2. The molecule has 4 rings (SSSR count). The second kappa shape index (κ2) is 6.58. The normalized spacial score (nSPS) is 16.1. The molecular formula is C18H16FN5O2S. The summed E-state index contributed by atoms with van der Waals surface area (Å²) in [5, 5.41) is 4.58.